The van der Waals surface area contributed by atoms with E-state index in [2.05, 4.69) is 25.6 Å². The van der Waals surface area contributed by atoms with Gasteiger partial charge in [-0.05, 0) is 25.1 Å². The maximum Gasteiger partial charge on any atom is 0.260 e. The molecule has 0 atom stereocenters. The molecular weight excluding hydrogens is 360 g/mol. The second-order valence-corrected chi connectivity index (χ2v) is 7.48. The van der Waals surface area contributed by atoms with Crippen molar-refractivity contribution in [2.45, 2.75) is 26.7 Å². The lowest BCUT2D eigenvalue weighted by atomic mass is 10.2. The molecule has 0 aliphatic rings. The van der Waals surface area contributed by atoms with Gasteiger partial charge in [0.2, 0.25) is 5.13 Å². The fraction of sp³-hybridized carbons (Fsp3) is 0.211. The first-order valence-electron chi connectivity index (χ1n) is 8.58. The molecule has 27 heavy (non-hydrogen) atoms. The fourth-order valence-corrected chi connectivity index (χ4v) is 3.46. The van der Waals surface area contributed by atoms with Gasteiger partial charge in [0.15, 0.2) is 5.82 Å². The number of nitrogens with zero attached hydrogens (tertiary/aromatic N) is 5. The Morgan fingerprint density at radius 2 is 1.96 bits per heavy atom. The molecule has 7 nitrogen and oxygen atoms in total. The highest BCUT2D eigenvalue weighted by Crippen LogP contribution is 2.23. The predicted octanol–water partition coefficient (Wildman–Crippen LogP) is 3.96. The van der Waals surface area contributed by atoms with Crippen LogP contribution >= 0.6 is 11.3 Å². The number of amides is 1. The van der Waals surface area contributed by atoms with Gasteiger partial charge in [0.25, 0.3) is 5.91 Å². The molecule has 0 unspecified atom stereocenters. The zero-order valence-corrected chi connectivity index (χ0v) is 16.0. The van der Waals surface area contributed by atoms with E-state index in [0.29, 0.717) is 22.2 Å². The summed E-state index contributed by atoms with van der Waals surface area (Å²) in [5.74, 6) is 0.686. The van der Waals surface area contributed by atoms with Crippen LogP contribution in [0.25, 0.3) is 16.7 Å². The summed E-state index contributed by atoms with van der Waals surface area (Å²) in [4.78, 5) is 17.3. The highest BCUT2D eigenvalue weighted by Gasteiger charge is 2.18. The third-order valence-corrected chi connectivity index (χ3v) is 5.35. The van der Waals surface area contributed by atoms with Crippen LogP contribution in [-0.4, -0.2) is 30.9 Å². The van der Waals surface area contributed by atoms with E-state index in [0.717, 1.165) is 15.9 Å². The number of anilines is 1. The Labute approximate surface area is 160 Å². The lowest BCUT2D eigenvalue weighted by Gasteiger charge is -2.06. The Morgan fingerprint density at radius 3 is 2.74 bits per heavy atom. The van der Waals surface area contributed by atoms with Gasteiger partial charge in [0.05, 0.1) is 23.0 Å². The molecule has 0 aliphatic heterocycles. The zero-order valence-electron chi connectivity index (χ0n) is 15.2. The van der Waals surface area contributed by atoms with Gasteiger partial charge in [0.1, 0.15) is 5.01 Å². The van der Waals surface area contributed by atoms with Crippen LogP contribution in [0.1, 0.15) is 40.8 Å². The SMILES string of the molecule is Cc1c(C(=O)Nc2nnc(C(C)C)s2)cnn1-c1ccc2ccccc2n1. The van der Waals surface area contributed by atoms with Gasteiger partial charge >= 0.3 is 0 Å². The van der Waals surface area contributed by atoms with Crippen molar-refractivity contribution >= 4 is 33.3 Å². The topological polar surface area (TPSA) is 85.6 Å². The quantitative estimate of drug-likeness (QED) is 0.581. The number of hydrogen-bond acceptors (Lipinski definition) is 6. The normalized spacial score (nSPS) is 11.3. The smallest absolute Gasteiger partial charge is 0.260 e. The number of carbonyl (C=O) groups is 1. The van der Waals surface area contributed by atoms with Crippen molar-refractivity contribution in [1.29, 1.82) is 0 Å². The molecule has 0 saturated carbocycles. The lowest BCUT2D eigenvalue weighted by Crippen LogP contribution is -2.13. The van der Waals surface area contributed by atoms with Crippen LogP contribution in [0.5, 0.6) is 0 Å². The Hall–Kier alpha value is -3.13. The number of pyridine rings is 1. The third kappa shape index (κ3) is 3.31. The van der Waals surface area contributed by atoms with Crippen LogP contribution in [0.4, 0.5) is 5.13 Å². The molecule has 0 aliphatic carbocycles. The van der Waals surface area contributed by atoms with E-state index in [1.165, 1.54) is 11.3 Å². The molecule has 4 aromatic rings. The molecule has 1 amide bonds. The van der Waals surface area contributed by atoms with Crippen LogP contribution in [0.2, 0.25) is 0 Å². The molecule has 0 spiro atoms. The van der Waals surface area contributed by atoms with Crippen molar-refractivity contribution in [3.63, 3.8) is 0 Å². The molecule has 3 heterocycles. The minimum Gasteiger partial charge on any atom is -0.296 e. The van der Waals surface area contributed by atoms with Crippen LogP contribution in [0, 0.1) is 6.92 Å². The van der Waals surface area contributed by atoms with Crippen molar-refractivity contribution in [3.05, 3.63) is 58.9 Å². The van der Waals surface area contributed by atoms with E-state index in [4.69, 9.17) is 0 Å². The molecule has 0 radical (unpaired) electrons. The maximum atomic E-state index is 12.6. The van der Waals surface area contributed by atoms with E-state index >= 15 is 0 Å². The van der Waals surface area contributed by atoms with Gasteiger partial charge in [0, 0.05) is 11.3 Å². The Kier molecular flexibility index (Phi) is 4.41. The van der Waals surface area contributed by atoms with Gasteiger partial charge in [-0.2, -0.15) is 5.10 Å². The molecule has 0 bridgehead atoms. The zero-order chi connectivity index (χ0) is 19.0. The van der Waals surface area contributed by atoms with Gasteiger partial charge in [-0.1, -0.05) is 43.4 Å². The summed E-state index contributed by atoms with van der Waals surface area (Å²) in [6.45, 7) is 5.92. The minimum atomic E-state index is -0.258. The molecule has 3 aromatic heterocycles. The van der Waals surface area contributed by atoms with Crippen LogP contribution in [0.3, 0.4) is 0 Å². The van der Waals surface area contributed by atoms with Crippen LogP contribution in [0.15, 0.2) is 42.6 Å². The lowest BCUT2D eigenvalue weighted by molar-refractivity contribution is 0.102. The van der Waals surface area contributed by atoms with Gasteiger partial charge in [-0.3, -0.25) is 10.1 Å². The molecule has 0 saturated heterocycles. The minimum absolute atomic E-state index is 0.258. The average molecular weight is 378 g/mol. The summed E-state index contributed by atoms with van der Waals surface area (Å²) in [7, 11) is 0. The summed E-state index contributed by atoms with van der Waals surface area (Å²) in [5, 5.41) is 17.7. The molecular formula is C19H18N6OS. The van der Waals surface area contributed by atoms with Crippen molar-refractivity contribution < 1.29 is 4.79 Å². The largest absolute Gasteiger partial charge is 0.296 e. The van der Waals surface area contributed by atoms with E-state index < -0.39 is 0 Å². The fourth-order valence-electron chi connectivity index (χ4n) is 2.72. The van der Waals surface area contributed by atoms with Gasteiger partial charge < -0.3 is 0 Å². The van der Waals surface area contributed by atoms with Crippen LogP contribution in [-0.2, 0) is 0 Å². The van der Waals surface area contributed by atoms with E-state index in [-0.39, 0.29) is 11.8 Å². The van der Waals surface area contributed by atoms with Gasteiger partial charge in [-0.25, -0.2) is 9.67 Å². The highest BCUT2D eigenvalue weighted by molar-refractivity contribution is 7.15. The van der Waals surface area contributed by atoms with Crippen LogP contribution < -0.4 is 5.32 Å². The van der Waals surface area contributed by atoms with Crippen molar-refractivity contribution in [2.75, 3.05) is 5.32 Å². The highest BCUT2D eigenvalue weighted by atomic mass is 32.1. The van der Waals surface area contributed by atoms with E-state index in [1.807, 2.05) is 57.2 Å². The Bertz CT molecular complexity index is 1130. The number of fused-ring (bicyclic) bond motifs is 1. The number of benzene rings is 1. The second kappa shape index (κ2) is 6.88. The molecule has 0 fully saturated rings. The number of aromatic nitrogens is 5. The Balaban J connectivity index is 1.61. The first kappa shape index (κ1) is 17.3. The van der Waals surface area contributed by atoms with Gasteiger partial charge in [-0.15, -0.1) is 10.2 Å². The van der Waals surface area contributed by atoms with E-state index in [1.54, 1.807) is 10.9 Å². The molecule has 1 N–H and O–H groups in total. The monoisotopic (exact) mass is 378 g/mol. The second-order valence-electron chi connectivity index (χ2n) is 6.47. The Morgan fingerprint density at radius 1 is 1.15 bits per heavy atom. The summed E-state index contributed by atoms with van der Waals surface area (Å²) < 4.78 is 1.67. The summed E-state index contributed by atoms with van der Waals surface area (Å²) >= 11 is 1.38. The number of para-hydroxylation sites is 1. The first-order valence-corrected chi connectivity index (χ1v) is 9.40. The standard InChI is InChI=1S/C19H18N6OS/c1-11(2)18-23-24-19(27-18)22-17(26)14-10-20-25(12(14)3)16-9-8-13-6-4-5-7-15(13)21-16/h4-11H,1-3H3,(H,22,24,26). The summed E-state index contributed by atoms with van der Waals surface area (Å²) in [6, 6.07) is 11.8. The number of nitrogens with one attached hydrogen (secondary N) is 1. The van der Waals surface area contributed by atoms with Crippen molar-refractivity contribution in [1.82, 2.24) is 25.0 Å². The molecule has 4 rings (SSSR count). The van der Waals surface area contributed by atoms with E-state index in [9.17, 15) is 4.79 Å². The molecule has 1 aromatic carbocycles. The third-order valence-electron chi connectivity index (χ3n) is 4.21. The number of hydrogen-bond donors (Lipinski definition) is 1. The number of carbonyl (C=O) groups excluding carboxylic acids is 1. The maximum absolute atomic E-state index is 12.6. The first-order chi connectivity index (χ1) is 13.0. The average Bonchev–Trinajstić information content (AvgIpc) is 3.28. The summed E-state index contributed by atoms with van der Waals surface area (Å²) in [5.41, 5.74) is 2.07. The predicted molar refractivity (Wildman–Crippen MR) is 106 cm³/mol. The summed E-state index contributed by atoms with van der Waals surface area (Å²) in [6.07, 6.45) is 1.55. The van der Waals surface area contributed by atoms with Crippen molar-refractivity contribution in [3.8, 4) is 5.82 Å². The number of rotatable bonds is 4. The molecule has 8 heteroatoms. The molecule has 136 valence electrons. The van der Waals surface area contributed by atoms with Crippen molar-refractivity contribution in [2.24, 2.45) is 0 Å².